The highest BCUT2D eigenvalue weighted by Gasteiger charge is 2.47. The number of likely N-dealkylation sites (tertiary alicyclic amines) is 1. The van der Waals surface area contributed by atoms with Crippen LogP contribution in [0.2, 0.25) is 0 Å². The lowest BCUT2D eigenvalue weighted by molar-refractivity contribution is -0.142. The molecule has 1 unspecified atom stereocenters. The van der Waals surface area contributed by atoms with Crippen LogP contribution in [-0.4, -0.2) is 70.9 Å². The Morgan fingerprint density at radius 1 is 1.07 bits per heavy atom. The van der Waals surface area contributed by atoms with Gasteiger partial charge >= 0.3 is 5.97 Å². The Bertz CT molecular complexity index is 1260. The second kappa shape index (κ2) is 12.5. The highest BCUT2D eigenvalue weighted by molar-refractivity contribution is 6.01. The van der Waals surface area contributed by atoms with E-state index in [-0.39, 0.29) is 41.4 Å². The number of alkyl halides is 1. The first kappa shape index (κ1) is 29.5. The van der Waals surface area contributed by atoms with E-state index in [2.05, 4.69) is 5.32 Å². The molecule has 0 spiro atoms. The van der Waals surface area contributed by atoms with Crippen LogP contribution >= 0.6 is 0 Å². The topological polar surface area (TPSA) is 127 Å². The minimum Gasteiger partial charge on any atom is -0.477 e. The molecule has 4 N–H and O–H groups in total. The molecule has 224 valence electrons. The molecular formula is C31H43FN4O5. The van der Waals surface area contributed by atoms with Crippen LogP contribution in [0.25, 0.3) is 10.9 Å². The summed E-state index contributed by atoms with van der Waals surface area (Å²) in [5.74, 6) is -0.866. The lowest BCUT2D eigenvalue weighted by Gasteiger charge is -2.37. The van der Waals surface area contributed by atoms with E-state index in [1.165, 1.54) is 0 Å². The number of nitrogens with two attached hydrogens (primary N) is 1. The normalized spacial score (nSPS) is 29.4. The number of aromatic carboxylic acids is 1. The zero-order valence-electron chi connectivity index (χ0n) is 24.1. The maximum atomic E-state index is 14.0. The van der Waals surface area contributed by atoms with Gasteiger partial charge in [0.25, 0.3) is 0 Å². The fraction of sp³-hybridized carbons (Fsp3) is 0.645. The van der Waals surface area contributed by atoms with Crippen molar-refractivity contribution in [2.24, 2.45) is 36.5 Å². The fourth-order valence-electron chi connectivity index (χ4n) is 7.65. The number of carbonyl (C=O) groups is 3. The van der Waals surface area contributed by atoms with Crippen molar-refractivity contribution in [3.63, 3.8) is 0 Å². The summed E-state index contributed by atoms with van der Waals surface area (Å²) in [7, 11) is 3.45. The molecule has 2 amide bonds. The summed E-state index contributed by atoms with van der Waals surface area (Å²) < 4.78 is 20.3. The zero-order chi connectivity index (χ0) is 29.3. The number of methoxy groups -OCH3 is 1. The number of carboxylic acids is 1. The van der Waals surface area contributed by atoms with Crippen LogP contribution in [0.4, 0.5) is 10.1 Å². The van der Waals surface area contributed by atoms with Gasteiger partial charge in [0, 0.05) is 49.3 Å². The second-order valence-corrected chi connectivity index (χ2v) is 12.3. The maximum absolute atomic E-state index is 14.0. The van der Waals surface area contributed by atoms with E-state index in [0.717, 1.165) is 55.8 Å². The third-order valence-electron chi connectivity index (χ3n) is 10.1. The highest BCUT2D eigenvalue weighted by Crippen LogP contribution is 2.42. The van der Waals surface area contributed by atoms with Crippen LogP contribution in [0.3, 0.4) is 0 Å². The number of fused-ring (bicyclic) bond motifs is 1. The largest absolute Gasteiger partial charge is 0.477 e. The Labute approximate surface area is 240 Å². The zero-order valence-corrected chi connectivity index (χ0v) is 24.1. The van der Waals surface area contributed by atoms with Crippen LogP contribution in [0, 0.1) is 23.7 Å². The van der Waals surface area contributed by atoms with E-state index in [9.17, 15) is 23.9 Å². The van der Waals surface area contributed by atoms with Gasteiger partial charge in [0.15, 0.2) is 0 Å². The lowest BCUT2D eigenvalue weighted by Crippen LogP contribution is -2.50. The molecule has 3 fully saturated rings. The first-order valence-corrected chi connectivity index (χ1v) is 15.0. The molecule has 9 nitrogen and oxygen atoms in total. The summed E-state index contributed by atoms with van der Waals surface area (Å²) in [6.45, 7) is 0.00640. The van der Waals surface area contributed by atoms with Gasteiger partial charge in [0.05, 0.1) is 6.10 Å². The Hall–Kier alpha value is -2.98. The Kier molecular flexibility index (Phi) is 8.99. The van der Waals surface area contributed by atoms with Gasteiger partial charge in [0.2, 0.25) is 11.8 Å². The SMILES string of the molecule is COC1CCC([C@@H]2CCN(C(=O)C3CCC(C(N)CF)CC3)[C@@H]2C(=O)Nc2ccc3c(c2)cc(C(=O)O)n3C)CC1. The van der Waals surface area contributed by atoms with Gasteiger partial charge in [-0.3, -0.25) is 9.59 Å². The summed E-state index contributed by atoms with van der Waals surface area (Å²) in [6, 6.07) is 5.92. The maximum Gasteiger partial charge on any atom is 0.352 e. The molecule has 5 rings (SSSR count). The molecule has 1 saturated heterocycles. The van der Waals surface area contributed by atoms with Crippen molar-refractivity contribution in [3.8, 4) is 0 Å². The van der Waals surface area contributed by atoms with E-state index in [4.69, 9.17) is 10.5 Å². The smallest absolute Gasteiger partial charge is 0.352 e. The Balaban J connectivity index is 1.35. The van der Waals surface area contributed by atoms with Crippen molar-refractivity contribution in [1.82, 2.24) is 9.47 Å². The number of rotatable bonds is 8. The van der Waals surface area contributed by atoms with Crippen molar-refractivity contribution in [2.45, 2.75) is 76.0 Å². The van der Waals surface area contributed by atoms with E-state index < -0.39 is 24.7 Å². The first-order chi connectivity index (χ1) is 19.7. The van der Waals surface area contributed by atoms with Gasteiger partial charge in [-0.25, -0.2) is 9.18 Å². The number of ether oxygens (including phenoxy) is 1. The Morgan fingerprint density at radius 3 is 2.41 bits per heavy atom. The molecule has 10 heteroatoms. The van der Waals surface area contributed by atoms with Gasteiger partial charge in [-0.2, -0.15) is 0 Å². The summed E-state index contributed by atoms with van der Waals surface area (Å²) in [5.41, 5.74) is 7.45. The van der Waals surface area contributed by atoms with Gasteiger partial charge in [0.1, 0.15) is 18.4 Å². The van der Waals surface area contributed by atoms with Crippen LogP contribution in [-0.2, 0) is 21.4 Å². The predicted molar refractivity (Wildman–Crippen MR) is 154 cm³/mol. The Morgan fingerprint density at radius 2 is 1.78 bits per heavy atom. The molecule has 1 aromatic carbocycles. The molecule has 2 heterocycles. The number of amides is 2. The number of carboxylic acid groups (broad SMARTS) is 1. The van der Waals surface area contributed by atoms with Crippen LogP contribution < -0.4 is 11.1 Å². The van der Waals surface area contributed by atoms with Gasteiger partial charge in [-0.1, -0.05) is 0 Å². The van der Waals surface area contributed by atoms with Crippen LogP contribution in [0.5, 0.6) is 0 Å². The summed E-state index contributed by atoms with van der Waals surface area (Å²) >= 11 is 0. The number of nitrogens with one attached hydrogen (secondary N) is 1. The predicted octanol–water partition coefficient (Wildman–Crippen LogP) is 4.34. The summed E-state index contributed by atoms with van der Waals surface area (Å²) in [5, 5.41) is 13.3. The fourth-order valence-corrected chi connectivity index (χ4v) is 7.65. The standard InChI is InChI=1S/C31H43FN4O5/c1-35-26-12-9-22(15-21(26)16-27(35)31(39)40)34-29(37)28-24(18-7-10-23(41-2)11-8-18)13-14-36(28)30(38)20-5-3-19(4-6-20)25(33)17-32/h9,12,15-16,18-20,23-25,28H,3-8,10-11,13-14,17,33H2,1-2H3,(H,34,37)(H,39,40)/t18?,19?,20?,23?,24-,25?,28-/m0/s1. The van der Waals surface area contributed by atoms with Gasteiger partial charge < -0.3 is 30.4 Å². The van der Waals surface area contributed by atoms with Gasteiger partial charge in [-0.05, 0) is 99.8 Å². The number of carbonyl (C=O) groups excluding carboxylic acids is 2. The molecule has 41 heavy (non-hydrogen) atoms. The minimum atomic E-state index is -1.01. The monoisotopic (exact) mass is 570 g/mol. The first-order valence-electron chi connectivity index (χ1n) is 15.0. The van der Waals surface area contributed by atoms with E-state index in [0.29, 0.717) is 31.0 Å². The molecule has 1 aliphatic heterocycles. The third kappa shape index (κ3) is 6.00. The molecule has 2 aliphatic carbocycles. The quantitative estimate of drug-likeness (QED) is 0.433. The second-order valence-electron chi connectivity index (χ2n) is 12.3. The molecule has 0 radical (unpaired) electrons. The van der Waals surface area contributed by atoms with Crippen molar-refractivity contribution < 1.29 is 28.6 Å². The summed E-state index contributed by atoms with van der Waals surface area (Å²) in [4.78, 5) is 41.3. The van der Waals surface area contributed by atoms with E-state index in [1.54, 1.807) is 43.0 Å². The van der Waals surface area contributed by atoms with Crippen molar-refractivity contribution in [1.29, 1.82) is 0 Å². The minimum absolute atomic E-state index is 0.0232. The van der Waals surface area contributed by atoms with Crippen molar-refractivity contribution >= 4 is 34.4 Å². The molecule has 3 atom stereocenters. The molecule has 2 aromatic rings. The lowest BCUT2D eigenvalue weighted by atomic mass is 9.75. The number of benzene rings is 1. The molecule has 3 aliphatic rings. The number of anilines is 1. The van der Waals surface area contributed by atoms with Crippen molar-refractivity contribution in [3.05, 3.63) is 30.0 Å². The highest BCUT2D eigenvalue weighted by atomic mass is 19.1. The molecular weight excluding hydrogens is 527 g/mol. The molecule has 2 saturated carbocycles. The number of halogens is 1. The number of aryl methyl sites for hydroxylation is 1. The average Bonchev–Trinajstić information content (AvgIpc) is 3.58. The van der Waals surface area contributed by atoms with E-state index >= 15 is 0 Å². The molecule has 0 bridgehead atoms. The van der Waals surface area contributed by atoms with Crippen molar-refractivity contribution in [2.75, 3.05) is 25.6 Å². The van der Waals surface area contributed by atoms with Crippen LogP contribution in [0.15, 0.2) is 24.3 Å². The van der Waals surface area contributed by atoms with Crippen LogP contribution in [0.1, 0.15) is 68.3 Å². The number of nitrogens with zero attached hydrogens (tertiary/aromatic N) is 2. The summed E-state index contributed by atoms with van der Waals surface area (Å²) in [6.07, 6.45) is 7.67. The third-order valence-corrected chi connectivity index (χ3v) is 10.1. The average molecular weight is 571 g/mol. The number of hydrogen-bond donors (Lipinski definition) is 3. The van der Waals surface area contributed by atoms with E-state index in [1.807, 2.05) is 4.90 Å². The van der Waals surface area contributed by atoms with Gasteiger partial charge in [-0.15, -0.1) is 0 Å². The number of aromatic nitrogens is 1. The number of hydrogen-bond acceptors (Lipinski definition) is 5. The molecule has 1 aromatic heterocycles.